The van der Waals surface area contributed by atoms with Crippen LogP contribution in [0.5, 0.6) is 0 Å². The van der Waals surface area contributed by atoms with Crippen LogP contribution in [0.2, 0.25) is 0 Å². The van der Waals surface area contributed by atoms with E-state index in [1.54, 1.807) is 0 Å². The van der Waals surface area contributed by atoms with Gasteiger partial charge >= 0.3 is 0 Å². The van der Waals surface area contributed by atoms with Crippen LogP contribution in [0.25, 0.3) is 0 Å². The van der Waals surface area contributed by atoms with Crippen LogP contribution >= 0.6 is 0 Å². The minimum absolute atomic E-state index is 0.195. The molecule has 0 fully saturated rings. The zero-order valence-corrected chi connectivity index (χ0v) is 14.5. The predicted molar refractivity (Wildman–Crippen MR) is 92.5 cm³/mol. The van der Waals surface area contributed by atoms with E-state index in [0.717, 1.165) is 18.9 Å². The average Bonchev–Trinajstić information content (AvgIpc) is 2.47. The average molecular weight is 288 g/mol. The van der Waals surface area contributed by atoms with Crippen LogP contribution in [-0.2, 0) is 10.3 Å². The molecule has 118 valence electrons. The molecule has 1 atom stereocenters. The summed E-state index contributed by atoms with van der Waals surface area (Å²) in [4.78, 5) is 0. The maximum atomic E-state index is 6.12. The summed E-state index contributed by atoms with van der Waals surface area (Å²) >= 11 is 0. The van der Waals surface area contributed by atoms with Crippen molar-refractivity contribution in [3.8, 4) is 0 Å². The largest absolute Gasteiger partial charge is 0.371 e. The highest BCUT2D eigenvalue weighted by Crippen LogP contribution is 2.25. The van der Waals surface area contributed by atoms with E-state index in [2.05, 4.69) is 65.0 Å². The lowest BCUT2D eigenvalue weighted by Crippen LogP contribution is -2.22. The van der Waals surface area contributed by atoms with Crippen molar-refractivity contribution in [1.29, 1.82) is 0 Å². The standard InChI is InChI=1S/C20H32O/c1-6-17(2)11-10-12-18(3)15-16-21-20(4,5)19-13-8-7-9-14-19/h7-9,11,13-14,18H,6,10,12,15-16H2,1-5H3. The minimum atomic E-state index is -0.195. The number of hydrogen-bond donors (Lipinski definition) is 0. The zero-order chi connectivity index (χ0) is 15.7. The molecule has 1 aromatic rings. The van der Waals surface area contributed by atoms with E-state index in [0.29, 0.717) is 0 Å². The molecule has 0 saturated carbocycles. The number of hydrogen-bond acceptors (Lipinski definition) is 1. The number of allylic oxidation sites excluding steroid dienone is 2. The van der Waals surface area contributed by atoms with Gasteiger partial charge in [0.25, 0.3) is 0 Å². The molecule has 0 aromatic heterocycles. The lowest BCUT2D eigenvalue weighted by Gasteiger charge is -2.26. The smallest absolute Gasteiger partial charge is 0.0875 e. The van der Waals surface area contributed by atoms with Crippen molar-refractivity contribution in [1.82, 2.24) is 0 Å². The van der Waals surface area contributed by atoms with E-state index >= 15 is 0 Å². The van der Waals surface area contributed by atoms with Gasteiger partial charge in [-0.25, -0.2) is 0 Å². The Kier molecular flexibility index (Phi) is 7.74. The van der Waals surface area contributed by atoms with Crippen LogP contribution in [0.1, 0.15) is 65.9 Å². The molecule has 0 aliphatic carbocycles. The molecule has 1 rings (SSSR count). The second-order valence-corrected chi connectivity index (χ2v) is 6.60. The molecule has 21 heavy (non-hydrogen) atoms. The van der Waals surface area contributed by atoms with Crippen molar-refractivity contribution >= 4 is 0 Å². The van der Waals surface area contributed by atoms with Gasteiger partial charge in [-0.1, -0.05) is 55.8 Å². The molecule has 0 N–H and O–H groups in total. The van der Waals surface area contributed by atoms with Gasteiger partial charge in [0.1, 0.15) is 0 Å². The van der Waals surface area contributed by atoms with Crippen LogP contribution in [0.3, 0.4) is 0 Å². The van der Waals surface area contributed by atoms with Crippen LogP contribution in [-0.4, -0.2) is 6.61 Å². The maximum absolute atomic E-state index is 6.12. The second-order valence-electron chi connectivity index (χ2n) is 6.60. The lowest BCUT2D eigenvalue weighted by atomic mass is 9.97. The Morgan fingerprint density at radius 2 is 1.86 bits per heavy atom. The van der Waals surface area contributed by atoms with E-state index in [1.165, 1.54) is 30.4 Å². The predicted octanol–water partition coefficient (Wildman–Crippen LogP) is 6.10. The van der Waals surface area contributed by atoms with Crippen molar-refractivity contribution in [2.24, 2.45) is 5.92 Å². The Morgan fingerprint density at radius 3 is 2.48 bits per heavy atom. The molecule has 0 heterocycles. The van der Waals surface area contributed by atoms with E-state index in [-0.39, 0.29) is 5.60 Å². The lowest BCUT2D eigenvalue weighted by molar-refractivity contribution is -0.0271. The van der Waals surface area contributed by atoms with E-state index in [4.69, 9.17) is 4.74 Å². The second kappa shape index (κ2) is 9.04. The Morgan fingerprint density at radius 1 is 1.19 bits per heavy atom. The van der Waals surface area contributed by atoms with Crippen molar-refractivity contribution in [2.75, 3.05) is 6.61 Å². The third-order valence-electron chi connectivity index (χ3n) is 4.25. The summed E-state index contributed by atoms with van der Waals surface area (Å²) < 4.78 is 6.12. The van der Waals surface area contributed by atoms with E-state index in [1.807, 2.05) is 6.07 Å². The minimum Gasteiger partial charge on any atom is -0.371 e. The Labute approximate surface area is 131 Å². The molecule has 0 aliphatic rings. The molecule has 1 unspecified atom stereocenters. The van der Waals surface area contributed by atoms with Crippen molar-refractivity contribution in [3.63, 3.8) is 0 Å². The first-order valence-corrected chi connectivity index (χ1v) is 8.30. The zero-order valence-electron chi connectivity index (χ0n) is 14.5. The van der Waals surface area contributed by atoms with Gasteiger partial charge in [-0.15, -0.1) is 0 Å². The van der Waals surface area contributed by atoms with Gasteiger partial charge in [-0.3, -0.25) is 0 Å². The van der Waals surface area contributed by atoms with Gasteiger partial charge in [0.05, 0.1) is 5.60 Å². The summed E-state index contributed by atoms with van der Waals surface area (Å²) in [7, 11) is 0. The Hall–Kier alpha value is -1.08. The van der Waals surface area contributed by atoms with Gasteiger partial charge in [0.15, 0.2) is 0 Å². The molecule has 0 aliphatic heterocycles. The quantitative estimate of drug-likeness (QED) is 0.499. The van der Waals surface area contributed by atoms with Gasteiger partial charge < -0.3 is 4.74 Å². The van der Waals surface area contributed by atoms with Crippen LogP contribution < -0.4 is 0 Å². The first-order valence-electron chi connectivity index (χ1n) is 8.30. The molecule has 0 radical (unpaired) electrons. The van der Waals surface area contributed by atoms with Crippen LogP contribution in [0.15, 0.2) is 42.0 Å². The highest BCUT2D eigenvalue weighted by Gasteiger charge is 2.20. The Balaban J connectivity index is 2.29. The van der Waals surface area contributed by atoms with Crippen LogP contribution in [0.4, 0.5) is 0 Å². The molecule has 1 heteroatoms. The van der Waals surface area contributed by atoms with Crippen molar-refractivity contribution in [3.05, 3.63) is 47.5 Å². The van der Waals surface area contributed by atoms with E-state index in [9.17, 15) is 0 Å². The maximum Gasteiger partial charge on any atom is 0.0875 e. The summed E-state index contributed by atoms with van der Waals surface area (Å²) in [6.45, 7) is 11.9. The summed E-state index contributed by atoms with van der Waals surface area (Å²) in [5, 5.41) is 0. The third kappa shape index (κ3) is 6.95. The number of benzene rings is 1. The molecule has 1 nitrogen and oxygen atoms in total. The molecule has 0 amide bonds. The van der Waals surface area contributed by atoms with Gasteiger partial charge in [0.2, 0.25) is 0 Å². The van der Waals surface area contributed by atoms with Crippen LogP contribution in [0, 0.1) is 5.92 Å². The summed E-state index contributed by atoms with van der Waals surface area (Å²) in [5.74, 6) is 0.720. The monoisotopic (exact) mass is 288 g/mol. The molecule has 1 aromatic carbocycles. The first kappa shape index (κ1) is 18.0. The highest BCUT2D eigenvalue weighted by molar-refractivity contribution is 5.20. The SMILES string of the molecule is CCC(C)=CCCC(C)CCOC(C)(C)c1ccccc1. The van der Waals surface area contributed by atoms with Gasteiger partial charge in [-0.05, 0) is 57.9 Å². The van der Waals surface area contributed by atoms with Gasteiger partial charge in [0, 0.05) is 6.61 Å². The molecule has 0 bridgehead atoms. The van der Waals surface area contributed by atoms with Gasteiger partial charge in [-0.2, -0.15) is 0 Å². The summed E-state index contributed by atoms with van der Waals surface area (Å²) in [5.41, 5.74) is 2.56. The highest BCUT2D eigenvalue weighted by atomic mass is 16.5. The summed E-state index contributed by atoms with van der Waals surface area (Å²) in [6.07, 6.45) is 7.14. The van der Waals surface area contributed by atoms with Crippen molar-refractivity contribution < 1.29 is 4.74 Å². The molecular weight excluding hydrogens is 256 g/mol. The fourth-order valence-corrected chi connectivity index (χ4v) is 2.34. The molecular formula is C20H32O. The molecule has 0 saturated heterocycles. The normalized spacial score (nSPS) is 14.2. The van der Waals surface area contributed by atoms with Crippen molar-refractivity contribution in [2.45, 2.75) is 65.9 Å². The topological polar surface area (TPSA) is 9.23 Å². The Bertz CT molecular complexity index is 417. The summed E-state index contributed by atoms with van der Waals surface area (Å²) in [6, 6.07) is 10.5. The fourth-order valence-electron chi connectivity index (χ4n) is 2.34. The number of rotatable bonds is 9. The molecule has 0 spiro atoms. The fraction of sp³-hybridized carbons (Fsp3) is 0.600. The first-order chi connectivity index (χ1) is 9.95. The third-order valence-corrected chi connectivity index (χ3v) is 4.25. The van der Waals surface area contributed by atoms with E-state index < -0.39 is 0 Å². The number of ether oxygens (including phenoxy) is 1.